The summed E-state index contributed by atoms with van der Waals surface area (Å²) in [5, 5.41) is 5.36. The highest BCUT2D eigenvalue weighted by Crippen LogP contribution is 2.27. The monoisotopic (exact) mass is 440 g/mol. The average molecular weight is 441 g/mol. The Hall–Kier alpha value is -3.70. The number of carbonyl (C=O) groups is 1. The molecule has 1 amide bonds. The van der Waals surface area contributed by atoms with Gasteiger partial charge in [0.25, 0.3) is 0 Å². The SMILES string of the molecule is CCCOc1ccc(C=CC(=O)Nc2nc(-c3ccc(-c4ccccc4)cc3)cs2)cc1. The summed E-state index contributed by atoms with van der Waals surface area (Å²) in [5.74, 6) is 0.622. The van der Waals surface area contributed by atoms with Crippen LogP contribution in [0.1, 0.15) is 18.9 Å². The third kappa shape index (κ3) is 5.71. The van der Waals surface area contributed by atoms with Crippen molar-refractivity contribution in [1.29, 1.82) is 0 Å². The lowest BCUT2D eigenvalue weighted by Crippen LogP contribution is -2.07. The van der Waals surface area contributed by atoms with Crippen molar-refractivity contribution in [3.63, 3.8) is 0 Å². The second-order valence-corrected chi connectivity index (χ2v) is 8.08. The highest BCUT2D eigenvalue weighted by molar-refractivity contribution is 7.14. The van der Waals surface area contributed by atoms with Crippen LogP contribution in [0.2, 0.25) is 0 Å². The Labute approximate surface area is 192 Å². The summed E-state index contributed by atoms with van der Waals surface area (Å²) in [6, 6.07) is 26.2. The number of nitrogens with one attached hydrogen (secondary N) is 1. The highest BCUT2D eigenvalue weighted by Gasteiger charge is 2.07. The predicted molar refractivity (Wildman–Crippen MR) is 133 cm³/mol. The molecule has 0 aliphatic heterocycles. The van der Waals surface area contributed by atoms with Gasteiger partial charge in [-0.25, -0.2) is 4.98 Å². The molecule has 0 saturated carbocycles. The van der Waals surface area contributed by atoms with Crippen molar-refractivity contribution in [1.82, 2.24) is 4.98 Å². The van der Waals surface area contributed by atoms with E-state index in [4.69, 9.17) is 4.74 Å². The first-order valence-electron chi connectivity index (χ1n) is 10.5. The topological polar surface area (TPSA) is 51.2 Å². The fourth-order valence-electron chi connectivity index (χ4n) is 3.14. The molecule has 0 aliphatic carbocycles. The van der Waals surface area contributed by atoms with Gasteiger partial charge >= 0.3 is 0 Å². The number of ether oxygens (including phenoxy) is 1. The van der Waals surface area contributed by atoms with Crippen molar-refractivity contribution in [2.45, 2.75) is 13.3 Å². The van der Waals surface area contributed by atoms with Gasteiger partial charge in [-0.2, -0.15) is 0 Å². The van der Waals surface area contributed by atoms with Gasteiger partial charge in [0, 0.05) is 17.0 Å². The predicted octanol–water partition coefficient (Wildman–Crippen LogP) is 6.92. The van der Waals surface area contributed by atoms with Crippen LogP contribution in [0.5, 0.6) is 5.75 Å². The van der Waals surface area contributed by atoms with Crippen molar-refractivity contribution in [2.75, 3.05) is 11.9 Å². The fraction of sp³-hybridized carbons (Fsp3) is 0.111. The Bertz CT molecular complexity index is 1180. The number of amides is 1. The van der Waals surface area contributed by atoms with Gasteiger partial charge in [0.15, 0.2) is 5.13 Å². The van der Waals surface area contributed by atoms with Crippen LogP contribution in [0.4, 0.5) is 5.13 Å². The zero-order chi connectivity index (χ0) is 22.2. The van der Waals surface area contributed by atoms with Crippen LogP contribution in [-0.4, -0.2) is 17.5 Å². The Morgan fingerprint density at radius 3 is 2.34 bits per heavy atom. The molecule has 3 aromatic carbocycles. The van der Waals surface area contributed by atoms with E-state index in [0.717, 1.165) is 34.6 Å². The lowest BCUT2D eigenvalue weighted by molar-refractivity contribution is -0.111. The number of thiazole rings is 1. The molecular weight excluding hydrogens is 416 g/mol. The lowest BCUT2D eigenvalue weighted by Gasteiger charge is -2.04. The Morgan fingerprint density at radius 2 is 1.62 bits per heavy atom. The summed E-state index contributed by atoms with van der Waals surface area (Å²) < 4.78 is 5.57. The number of hydrogen-bond acceptors (Lipinski definition) is 4. The summed E-state index contributed by atoms with van der Waals surface area (Å²) in [6.45, 7) is 2.77. The van der Waals surface area contributed by atoms with E-state index in [1.54, 1.807) is 6.08 Å². The zero-order valence-electron chi connectivity index (χ0n) is 17.8. The third-order valence-electron chi connectivity index (χ3n) is 4.80. The number of aromatic nitrogens is 1. The van der Waals surface area contributed by atoms with Gasteiger partial charge in [-0.05, 0) is 41.3 Å². The van der Waals surface area contributed by atoms with Crippen molar-refractivity contribution in [3.05, 3.63) is 95.9 Å². The van der Waals surface area contributed by atoms with Gasteiger partial charge in [-0.3, -0.25) is 10.1 Å². The standard InChI is InChI=1S/C27H24N2O2S/c1-2-18-31-24-15-8-20(9-16-24)10-17-26(30)29-27-28-25(19-32-27)23-13-11-22(12-14-23)21-6-4-3-5-7-21/h3-17,19H,2,18H2,1H3,(H,28,29,30). The fourth-order valence-corrected chi connectivity index (χ4v) is 3.86. The zero-order valence-corrected chi connectivity index (χ0v) is 18.6. The molecule has 4 nitrogen and oxygen atoms in total. The minimum Gasteiger partial charge on any atom is -0.494 e. The first-order chi connectivity index (χ1) is 15.7. The van der Waals surface area contributed by atoms with Crippen LogP contribution in [0.25, 0.3) is 28.5 Å². The molecule has 1 N–H and O–H groups in total. The number of hydrogen-bond donors (Lipinski definition) is 1. The Morgan fingerprint density at radius 1 is 0.938 bits per heavy atom. The van der Waals surface area contributed by atoms with Gasteiger partial charge in [0.1, 0.15) is 5.75 Å². The normalized spacial score (nSPS) is 10.9. The molecule has 32 heavy (non-hydrogen) atoms. The second kappa shape index (κ2) is 10.6. The molecular formula is C27H24N2O2S. The molecule has 0 aliphatic rings. The summed E-state index contributed by atoms with van der Waals surface area (Å²) in [5.41, 5.74) is 5.13. The van der Waals surface area contributed by atoms with Crippen LogP contribution in [-0.2, 0) is 4.79 Å². The molecule has 0 saturated heterocycles. The van der Waals surface area contributed by atoms with E-state index in [1.165, 1.54) is 23.0 Å². The maximum Gasteiger partial charge on any atom is 0.250 e. The number of nitrogens with zero attached hydrogens (tertiary/aromatic N) is 1. The quantitative estimate of drug-likeness (QED) is 0.303. The second-order valence-electron chi connectivity index (χ2n) is 7.22. The molecule has 160 valence electrons. The maximum atomic E-state index is 12.3. The van der Waals surface area contributed by atoms with E-state index in [-0.39, 0.29) is 5.91 Å². The molecule has 1 heterocycles. The maximum absolute atomic E-state index is 12.3. The van der Waals surface area contributed by atoms with Gasteiger partial charge in [0.05, 0.1) is 12.3 Å². The number of carbonyl (C=O) groups excluding carboxylic acids is 1. The van der Waals surface area contributed by atoms with Crippen LogP contribution < -0.4 is 10.1 Å². The van der Waals surface area contributed by atoms with Gasteiger partial charge in [0.2, 0.25) is 5.91 Å². The van der Waals surface area contributed by atoms with E-state index in [0.29, 0.717) is 11.7 Å². The molecule has 0 bridgehead atoms. The smallest absolute Gasteiger partial charge is 0.250 e. The van der Waals surface area contributed by atoms with Crippen molar-refractivity contribution >= 4 is 28.5 Å². The van der Waals surface area contributed by atoms with Crippen molar-refractivity contribution < 1.29 is 9.53 Å². The molecule has 4 rings (SSSR count). The number of benzene rings is 3. The summed E-state index contributed by atoms with van der Waals surface area (Å²) in [4.78, 5) is 16.8. The van der Waals surface area contributed by atoms with Crippen LogP contribution >= 0.6 is 11.3 Å². The largest absolute Gasteiger partial charge is 0.494 e. The minimum absolute atomic E-state index is 0.211. The van der Waals surface area contributed by atoms with Crippen LogP contribution in [0, 0.1) is 0 Å². The van der Waals surface area contributed by atoms with Crippen LogP contribution in [0.3, 0.4) is 0 Å². The highest BCUT2D eigenvalue weighted by atomic mass is 32.1. The lowest BCUT2D eigenvalue weighted by atomic mass is 10.0. The Balaban J connectivity index is 1.35. The van der Waals surface area contributed by atoms with E-state index in [9.17, 15) is 4.79 Å². The molecule has 0 unspecified atom stereocenters. The van der Waals surface area contributed by atoms with Gasteiger partial charge in [-0.1, -0.05) is 73.7 Å². The minimum atomic E-state index is -0.211. The first kappa shape index (κ1) is 21.5. The molecule has 1 aromatic heterocycles. The van der Waals surface area contributed by atoms with E-state index in [2.05, 4.69) is 53.6 Å². The molecule has 0 fully saturated rings. The summed E-state index contributed by atoms with van der Waals surface area (Å²) in [7, 11) is 0. The molecule has 0 radical (unpaired) electrons. The third-order valence-corrected chi connectivity index (χ3v) is 5.56. The van der Waals surface area contributed by atoms with Gasteiger partial charge in [-0.15, -0.1) is 11.3 Å². The summed E-state index contributed by atoms with van der Waals surface area (Å²) >= 11 is 1.41. The molecule has 0 spiro atoms. The van der Waals surface area contributed by atoms with E-state index in [1.807, 2.05) is 47.8 Å². The average Bonchev–Trinajstić information content (AvgIpc) is 3.31. The molecule has 0 atom stereocenters. The van der Waals surface area contributed by atoms with Crippen molar-refractivity contribution in [2.24, 2.45) is 0 Å². The van der Waals surface area contributed by atoms with E-state index < -0.39 is 0 Å². The number of rotatable bonds is 8. The number of anilines is 1. The summed E-state index contributed by atoms with van der Waals surface area (Å²) in [6.07, 6.45) is 4.26. The van der Waals surface area contributed by atoms with Crippen LogP contribution in [0.15, 0.2) is 90.3 Å². The van der Waals surface area contributed by atoms with E-state index >= 15 is 0 Å². The van der Waals surface area contributed by atoms with Gasteiger partial charge < -0.3 is 4.74 Å². The molecule has 4 aromatic rings. The Kier molecular flexibility index (Phi) is 7.10. The van der Waals surface area contributed by atoms with Crippen molar-refractivity contribution in [3.8, 4) is 28.1 Å². The molecule has 5 heteroatoms. The first-order valence-corrected chi connectivity index (χ1v) is 11.4.